The highest BCUT2D eigenvalue weighted by Gasteiger charge is 2.19. The van der Waals surface area contributed by atoms with Crippen molar-refractivity contribution in [1.82, 2.24) is 10.3 Å². The van der Waals surface area contributed by atoms with E-state index in [-0.39, 0.29) is 0 Å². The van der Waals surface area contributed by atoms with Gasteiger partial charge in [0.15, 0.2) is 0 Å². The minimum absolute atomic E-state index is 0.619. The Morgan fingerprint density at radius 2 is 2.22 bits per heavy atom. The fraction of sp³-hybridized carbons (Fsp3) is 0.786. The second-order valence-electron chi connectivity index (χ2n) is 5.13. The van der Waals surface area contributed by atoms with Gasteiger partial charge in [-0.05, 0) is 50.2 Å². The first-order chi connectivity index (χ1) is 8.78. The van der Waals surface area contributed by atoms with Crippen LogP contribution in [-0.2, 0) is 6.42 Å². The maximum atomic E-state index is 4.60. The summed E-state index contributed by atoms with van der Waals surface area (Å²) in [6, 6.07) is 0.619. The van der Waals surface area contributed by atoms with E-state index in [0.29, 0.717) is 6.04 Å². The molecule has 1 aliphatic rings. The van der Waals surface area contributed by atoms with Gasteiger partial charge in [0.2, 0.25) is 0 Å². The number of hydrogen-bond donors (Lipinski definition) is 1. The van der Waals surface area contributed by atoms with Crippen molar-refractivity contribution in [2.24, 2.45) is 5.92 Å². The molecule has 1 unspecified atom stereocenters. The molecular weight excluding hydrogens is 260 g/mol. The molecule has 1 fully saturated rings. The highest BCUT2D eigenvalue weighted by atomic mass is 32.2. The first kappa shape index (κ1) is 14.4. The molecule has 0 bridgehead atoms. The van der Waals surface area contributed by atoms with E-state index in [1.54, 1.807) is 0 Å². The molecule has 102 valence electrons. The molecule has 1 saturated heterocycles. The number of aromatic nitrogens is 1. The Hall–Kier alpha value is -0.0600. The van der Waals surface area contributed by atoms with Crippen LogP contribution in [0, 0.1) is 12.8 Å². The first-order valence-electron chi connectivity index (χ1n) is 7.00. The molecule has 1 aromatic heterocycles. The quantitative estimate of drug-likeness (QED) is 0.865. The SMILES string of the molecule is CCNC(Cc1nc(C)cs1)CC1CCSCC1. The molecule has 2 rings (SSSR count). The molecular formula is C14H24N2S2. The zero-order valence-corrected chi connectivity index (χ0v) is 13.1. The van der Waals surface area contributed by atoms with Crippen LogP contribution in [0.15, 0.2) is 5.38 Å². The molecule has 0 amide bonds. The van der Waals surface area contributed by atoms with Crippen molar-refractivity contribution >= 4 is 23.1 Å². The third-order valence-electron chi connectivity index (χ3n) is 3.54. The first-order valence-corrected chi connectivity index (χ1v) is 9.03. The number of nitrogens with one attached hydrogen (secondary N) is 1. The van der Waals surface area contributed by atoms with Gasteiger partial charge in [0.05, 0.1) is 5.01 Å². The molecule has 1 N–H and O–H groups in total. The van der Waals surface area contributed by atoms with E-state index in [1.807, 2.05) is 11.3 Å². The maximum Gasteiger partial charge on any atom is 0.0943 e. The Morgan fingerprint density at radius 1 is 1.44 bits per heavy atom. The number of likely N-dealkylation sites (N-methyl/N-ethyl adjacent to an activating group) is 1. The van der Waals surface area contributed by atoms with Crippen molar-refractivity contribution in [2.45, 2.75) is 45.6 Å². The van der Waals surface area contributed by atoms with Gasteiger partial charge in [-0.25, -0.2) is 4.98 Å². The molecule has 0 aromatic carbocycles. The van der Waals surface area contributed by atoms with Crippen molar-refractivity contribution in [3.8, 4) is 0 Å². The lowest BCUT2D eigenvalue weighted by Gasteiger charge is -2.26. The fourth-order valence-electron chi connectivity index (χ4n) is 2.62. The summed E-state index contributed by atoms with van der Waals surface area (Å²) in [6.07, 6.45) is 5.25. The van der Waals surface area contributed by atoms with Crippen molar-refractivity contribution < 1.29 is 0 Å². The van der Waals surface area contributed by atoms with E-state index in [2.05, 4.69) is 41.3 Å². The summed E-state index contributed by atoms with van der Waals surface area (Å²) < 4.78 is 0. The Morgan fingerprint density at radius 3 is 2.83 bits per heavy atom. The van der Waals surface area contributed by atoms with E-state index >= 15 is 0 Å². The highest BCUT2D eigenvalue weighted by Crippen LogP contribution is 2.27. The van der Waals surface area contributed by atoms with Gasteiger partial charge < -0.3 is 5.32 Å². The monoisotopic (exact) mass is 284 g/mol. The number of aryl methyl sites for hydroxylation is 1. The third kappa shape index (κ3) is 4.56. The maximum absolute atomic E-state index is 4.60. The molecule has 18 heavy (non-hydrogen) atoms. The summed E-state index contributed by atoms with van der Waals surface area (Å²) in [7, 11) is 0. The number of rotatable bonds is 6. The second-order valence-corrected chi connectivity index (χ2v) is 7.30. The van der Waals surface area contributed by atoms with E-state index in [9.17, 15) is 0 Å². The molecule has 0 aliphatic carbocycles. The van der Waals surface area contributed by atoms with E-state index < -0.39 is 0 Å². The molecule has 2 heterocycles. The van der Waals surface area contributed by atoms with Crippen LogP contribution in [-0.4, -0.2) is 29.1 Å². The molecule has 1 aliphatic heterocycles. The normalized spacial score (nSPS) is 19.0. The zero-order chi connectivity index (χ0) is 12.8. The van der Waals surface area contributed by atoms with Crippen molar-refractivity contribution in [3.05, 3.63) is 16.1 Å². The molecule has 1 aromatic rings. The third-order valence-corrected chi connectivity index (χ3v) is 5.58. The molecule has 0 saturated carbocycles. The average molecular weight is 284 g/mol. The summed E-state index contributed by atoms with van der Waals surface area (Å²) in [5, 5.41) is 7.10. The lowest BCUT2D eigenvalue weighted by molar-refractivity contribution is 0.366. The summed E-state index contributed by atoms with van der Waals surface area (Å²) in [5.41, 5.74) is 1.17. The summed E-state index contributed by atoms with van der Waals surface area (Å²) >= 11 is 3.93. The Balaban J connectivity index is 1.86. The van der Waals surface area contributed by atoms with E-state index in [1.165, 1.54) is 41.5 Å². The predicted molar refractivity (Wildman–Crippen MR) is 82.7 cm³/mol. The van der Waals surface area contributed by atoms with Gasteiger partial charge in [-0.2, -0.15) is 11.8 Å². The molecule has 0 spiro atoms. The van der Waals surface area contributed by atoms with Gasteiger partial charge >= 0.3 is 0 Å². The van der Waals surface area contributed by atoms with Crippen molar-refractivity contribution in [3.63, 3.8) is 0 Å². The van der Waals surface area contributed by atoms with Crippen LogP contribution in [0.5, 0.6) is 0 Å². The van der Waals surface area contributed by atoms with Crippen LogP contribution >= 0.6 is 23.1 Å². The van der Waals surface area contributed by atoms with Crippen LogP contribution in [0.3, 0.4) is 0 Å². The van der Waals surface area contributed by atoms with Gasteiger partial charge in [0.25, 0.3) is 0 Å². The fourth-order valence-corrected chi connectivity index (χ4v) is 4.68. The Labute approximate surface area is 119 Å². The van der Waals surface area contributed by atoms with Crippen LogP contribution < -0.4 is 5.32 Å². The standard InChI is InChI=1S/C14H24N2S2/c1-3-15-13(8-12-4-6-17-7-5-12)9-14-16-11(2)10-18-14/h10,12-13,15H,3-9H2,1-2H3. The van der Waals surface area contributed by atoms with Crippen LogP contribution in [0.1, 0.15) is 36.9 Å². The van der Waals surface area contributed by atoms with Crippen LogP contribution in [0.4, 0.5) is 0 Å². The minimum Gasteiger partial charge on any atom is -0.314 e. The van der Waals surface area contributed by atoms with E-state index in [0.717, 1.165) is 18.9 Å². The van der Waals surface area contributed by atoms with Gasteiger partial charge in [0.1, 0.15) is 0 Å². The van der Waals surface area contributed by atoms with Crippen molar-refractivity contribution in [1.29, 1.82) is 0 Å². The molecule has 4 heteroatoms. The Kier molecular flexibility index (Phi) is 5.99. The van der Waals surface area contributed by atoms with Crippen LogP contribution in [0.2, 0.25) is 0 Å². The molecule has 1 atom stereocenters. The van der Waals surface area contributed by atoms with Crippen molar-refractivity contribution in [2.75, 3.05) is 18.1 Å². The zero-order valence-electron chi connectivity index (χ0n) is 11.4. The predicted octanol–water partition coefficient (Wildman–Crippen LogP) is 3.51. The number of hydrogen-bond acceptors (Lipinski definition) is 4. The van der Waals surface area contributed by atoms with Gasteiger partial charge in [-0.3, -0.25) is 0 Å². The van der Waals surface area contributed by atoms with E-state index in [4.69, 9.17) is 0 Å². The van der Waals surface area contributed by atoms with Crippen LogP contribution in [0.25, 0.3) is 0 Å². The lowest BCUT2D eigenvalue weighted by atomic mass is 9.93. The van der Waals surface area contributed by atoms with Gasteiger partial charge in [0, 0.05) is 23.5 Å². The number of nitrogens with zero attached hydrogens (tertiary/aromatic N) is 1. The largest absolute Gasteiger partial charge is 0.314 e. The number of thiazole rings is 1. The van der Waals surface area contributed by atoms with Gasteiger partial charge in [-0.15, -0.1) is 11.3 Å². The second kappa shape index (κ2) is 7.51. The summed E-state index contributed by atoms with van der Waals surface area (Å²) in [4.78, 5) is 4.60. The minimum atomic E-state index is 0.619. The average Bonchev–Trinajstić information content (AvgIpc) is 2.76. The molecule has 0 radical (unpaired) electrons. The Bertz CT molecular complexity index is 345. The highest BCUT2D eigenvalue weighted by molar-refractivity contribution is 7.99. The lowest BCUT2D eigenvalue weighted by Crippen LogP contribution is -2.33. The van der Waals surface area contributed by atoms with Gasteiger partial charge in [-0.1, -0.05) is 6.92 Å². The summed E-state index contributed by atoms with van der Waals surface area (Å²) in [6.45, 7) is 5.36. The smallest absolute Gasteiger partial charge is 0.0943 e. The topological polar surface area (TPSA) is 24.9 Å². The molecule has 2 nitrogen and oxygen atoms in total. The number of thioether (sulfide) groups is 1. The summed E-state index contributed by atoms with van der Waals surface area (Å²) in [5.74, 6) is 3.65.